The Labute approximate surface area is 115 Å². The van der Waals surface area contributed by atoms with E-state index in [1.807, 2.05) is 13.1 Å². The Balaban J connectivity index is 2.58. The van der Waals surface area contributed by atoms with E-state index in [0.717, 1.165) is 28.6 Å². The van der Waals surface area contributed by atoms with Crippen LogP contribution in [-0.2, 0) is 22.1 Å². The van der Waals surface area contributed by atoms with Crippen LogP contribution in [0.15, 0.2) is 24.4 Å². The molecule has 1 aromatic carbocycles. The summed E-state index contributed by atoms with van der Waals surface area (Å²) in [6.07, 6.45) is 1.98. The molecule has 2 rings (SSSR count). The highest BCUT2D eigenvalue weighted by Crippen LogP contribution is 2.25. The summed E-state index contributed by atoms with van der Waals surface area (Å²) >= 11 is 0. The number of aryl methyl sites for hydroxylation is 2. The van der Waals surface area contributed by atoms with Crippen molar-refractivity contribution in [1.29, 1.82) is 0 Å². The molecule has 0 unspecified atom stereocenters. The van der Waals surface area contributed by atoms with E-state index in [1.54, 1.807) is 13.8 Å². The first-order chi connectivity index (χ1) is 8.85. The van der Waals surface area contributed by atoms with Gasteiger partial charge in [0.1, 0.15) is 0 Å². The number of fused-ring (bicyclic) bond motifs is 1. The Morgan fingerprint density at radius 1 is 1.26 bits per heavy atom. The number of hydrogen-bond donors (Lipinski definition) is 0. The van der Waals surface area contributed by atoms with Crippen LogP contribution in [0.4, 0.5) is 0 Å². The fraction of sp³-hybridized carbons (Fsp3) is 0.467. The predicted octanol–water partition coefficient (Wildman–Crippen LogP) is 3.29. The third kappa shape index (κ3) is 2.68. The molecule has 0 N–H and O–H groups in total. The van der Waals surface area contributed by atoms with Crippen molar-refractivity contribution in [2.24, 2.45) is 0 Å². The molecular formula is C15H21NO2S. The van der Waals surface area contributed by atoms with Crippen LogP contribution in [0.25, 0.3) is 10.9 Å². The van der Waals surface area contributed by atoms with Crippen LogP contribution in [0.3, 0.4) is 0 Å². The number of rotatable bonds is 4. The van der Waals surface area contributed by atoms with Gasteiger partial charge in [0.15, 0.2) is 9.84 Å². The molecule has 0 radical (unpaired) electrons. The molecule has 1 heterocycles. The molecule has 104 valence electrons. The summed E-state index contributed by atoms with van der Waals surface area (Å²) in [5.74, 6) is 0.123. The lowest BCUT2D eigenvalue weighted by atomic mass is 10.1. The maximum atomic E-state index is 12.1. The smallest absolute Gasteiger partial charge is 0.156 e. The van der Waals surface area contributed by atoms with Crippen molar-refractivity contribution in [3.8, 4) is 0 Å². The van der Waals surface area contributed by atoms with Crippen LogP contribution in [0.1, 0.15) is 31.9 Å². The third-order valence-electron chi connectivity index (χ3n) is 3.53. The molecule has 0 amide bonds. The van der Waals surface area contributed by atoms with Crippen LogP contribution >= 0.6 is 0 Å². The summed E-state index contributed by atoms with van der Waals surface area (Å²) < 4.78 is 26.3. The van der Waals surface area contributed by atoms with Gasteiger partial charge in [0.2, 0.25) is 0 Å². The van der Waals surface area contributed by atoms with Gasteiger partial charge < -0.3 is 4.57 Å². The Morgan fingerprint density at radius 2 is 1.95 bits per heavy atom. The second-order valence-corrected chi connectivity index (χ2v) is 7.87. The van der Waals surface area contributed by atoms with Crippen LogP contribution in [0.2, 0.25) is 0 Å². The quantitative estimate of drug-likeness (QED) is 0.861. The summed E-state index contributed by atoms with van der Waals surface area (Å²) in [6.45, 7) is 8.42. The largest absolute Gasteiger partial charge is 0.347 e. The van der Waals surface area contributed by atoms with E-state index in [4.69, 9.17) is 0 Å². The van der Waals surface area contributed by atoms with Gasteiger partial charge in [-0.25, -0.2) is 8.42 Å². The minimum Gasteiger partial charge on any atom is -0.347 e. The van der Waals surface area contributed by atoms with E-state index < -0.39 is 9.84 Å². The topological polar surface area (TPSA) is 39.1 Å². The van der Waals surface area contributed by atoms with Crippen LogP contribution in [0.5, 0.6) is 0 Å². The molecule has 0 atom stereocenters. The van der Waals surface area contributed by atoms with E-state index >= 15 is 0 Å². The lowest BCUT2D eigenvalue weighted by Gasteiger charge is -2.06. The molecule has 19 heavy (non-hydrogen) atoms. The molecule has 0 bridgehead atoms. The molecule has 4 heteroatoms. The van der Waals surface area contributed by atoms with Crippen LogP contribution in [0, 0.1) is 6.92 Å². The second-order valence-electron chi connectivity index (χ2n) is 5.32. The standard InChI is InChI=1S/C15H21NO2S/c1-5-16-9-13(10-19(17,18)11(2)3)14-8-12(4)6-7-15(14)16/h6-9,11H,5,10H2,1-4H3. The highest BCUT2D eigenvalue weighted by Gasteiger charge is 2.19. The van der Waals surface area contributed by atoms with Crippen molar-refractivity contribution in [3.63, 3.8) is 0 Å². The molecule has 0 fully saturated rings. The van der Waals surface area contributed by atoms with Crippen molar-refractivity contribution < 1.29 is 8.42 Å². The van der Waals surface area contributed by atoms with Gasteiger partial charge in [-0.3, -0.25) is 0 Å². The SMILES string of the molecule is CCn1cc(CS(=O)(=O)C(C)C)c2cc(C)ccc21. The van der Waals surface area contributed by atoms with Crippen molar-refractivity contribution in [2.45, 2.75) is 45.2 Å². The summed E-state index contributed by atoms with van der Waals surface area (Å²) in [7, 11) is -3.06. The van der Waals surface area contributed by atoms with Crippen molar-refractivity contribution >= 4 is 20.7 Å². The Hall–Kier alpha value is -1.29. The van der Waals surface area contributed by atoms with Gasteiger partial charge in [-0.05, 0) is 45.4 Å². The van der Waals surface area contributed by atoms with E-state index in [1.165, 1.54) is 0 Å². The fourth-order valence-corrected chi connectivity index (χ4v) is 3.24. The van der Waals surface area contributed by atoms with E-state index in [-0.39, 0.29) is 11.0 Å². The van der Waals surface area contributed by atoms with Crippen LogP contribution < -0.4 is 0 Å². The maximum absolute atomic E-state index is 12.1. The predicted molar refractivity (Wildman–Crippen MR) is 80.1 cm³/mol. The third-order valence-corrected chi connectivity index (χ3v) is 5.68. The summed E-state index contributed by atoms with van der Waals surface area (Å²) in [4.78, 5) is 0. The lowest BCUT2D eigenvalue weighted by molar-refractivity contribution is 0.586. The number of nitrogens with zero attached hydrogens (tertiary/aromatic N) is 1. The van der Waals surface area contributed by atoms with Gasteiger partial charge in [-0.1, -0.05) is 11.6 Å². The molecule has 0 aliphatic heterocycles. The van der Waals surface area contributed by atoms with Gasteiger partial charge in [-0.2, -0.15) is 0 Å². The van der Waals surface area contributed by atoms with Crippen molar-refractivity contribution in [2.75, 3.05) is 0 Å². The molecule has 0 saturated heterocycles. The zero-order valence-electron chi connectivity index (χ0n) is 12.0. The molecule has 1 aromatic heterocycles. The lowest BCUT2D eigenvalue weighted by Crippen LogP contribution is -2.15. The van der Waals surface area contributed by atoms with Gasteiger partial charge in [-0.15, -0.1) is 0 Å². The zero-order chi connectivity index (χ0) is 14.2. The maximum Gasteiger partial charge on any atom is 0.156 e. The van der Waals surface area contributed by atoms with Crippen LogP contribution in [-0.4, -0.2) is 18.2 Å². The molecule has 0 saturated carbocycles. The number of aromatic nitrogens is 1. The first-order valence-corrected chi connectivity index (χ1v) is 8.36. The summed E-state index contributed by atoms with van der Waals surface area (Å²) in [5, 5.41) is 0.725. The average Bonchev–Trinajstić information content (AvgIpc) is 2.66. The molecular weight excluding hydrogens is 258 g/mol. The molecule has 2 aromatic rings. The minimum absolute atomic E-state index is 0.123. The zero-order valence-corrected chi connectivity index (χ0v) is 12.8. The highest BCUT2D eigenvalue weighted by molar-refractivity contribution is 7.91. The molecule has 3 nitrogen and oxygen atoms in total. The van der Waals surface area contributed by atoms with E-state index in [0.29, 0.717) is 0 Å². The normalized spacial score (nSPS) is 12.5. The molecule has 0 spiro atoms. The first-order valence-electron chi connectivity index (χ1n) is 6.65. The molecule has 0 aliphatic rings. The van der Waals surface area contributed by atoms with E-state index in [2.05, 4.69) is 29.7 Å². The number of hydrogen-bond acceptors (Lipinski definition) is 2. The van der Waals surface area contributed by atoms with Gasteiger partial charge in [0.25, 0.3) is 0 Å². The van der Waals surface area contributed by atoms with Crippen molar-refractivity contribution in [1.82, 2.24) is 4.57 Å². The first kappa shape index (κ1) is 14.1. The highest BCUT2D eigenvalue weighted by atomic mass is 32.2. The van der Waals surface area contributed by atoms with E-state index in [9.17, 15) is 8.42 Å². The average molecular weight is 279 g/mol. The summed E-state index contributed by atoms with van der Waals surface area (Å²) in [6, 6.07) is 6.21. The molecule has 0 aliphatic carbocycles. The Bertz CT molecular complexity index is 696. The van der Waals surface area contributed by atoms with Gasteiger partial charge in [0.05, 0.1) is 11.0 Å². The second kappa shape index (κ2) is 5.00. The van der Waals surface area contributed by atoms with Gasteiger partial charge >= 0.3 is 0 Å². The van der Waals surface area contributed by atoms with Crippen molar-refractivity contribution in [3.05, 3.63) is 35.5 Å². The Kier molecular flexibility index (Phi) is 3.72. The van der Waals surface area contributed by atoms with Gasteiger partial charge in [0, 0.05) is 23.6 Å². The fourth-order valence-electron chi connectivity index (χ4n) is 2.24. The Morgan fingerprint density at radius 3 is 2.53 bits per heavy atom. The summed E-state index contributed by atoms with van der Waals surface area (Å²) in [5.41, 5.74) is 3.18. The number of sulfone groups is 1. The minimum atomic E-state index is -3.06. The number of benzene rings is 1. The monoisotopic (exact) mass is 279 g/mol.